The second kappa shape index (κ2) is 10.4. The van der Waals surface area contributed by atoms with Gasteiger partial charge in [-0.3, -0.25) is 14.9 Å². The van der Waals surface area contributed by atoms with Gasteiger partial charge in [0.2, 0.25) is 0 Å². The monoisotopic (exact) mass is 475 g/mol. The molecular weight excluding hydrogens is 458 g/mol. The molecule has 3 aromatic rings. The standard InChI is InChI=1S/C24H17N3O6S/c1-3-32-24(29)23-14(2)18(13-26)22(34-23)11-20(28)15(12-25)10-16-8-9-21(33-16)17-6-4-5-7-19(17)27(30)31/h4-10H,3,11H2,1-2H3/b15-10+. The number of Topliss-reactive ketones (excluding diaryl/α,β-unsaturated/α-hetero) is 1. The van der Waals surface area contributed by atoms with Gasteiger partial charge in [0.05, 0.1) is 28.2 Å². The number of thiophene rings is 1. The number of carbonyl (C=O) groups is 2. The molecule has 0 saturated heterocycles. The van der Waals surface area contributed by atoms with Crippen LogP contribution >= 0.6 is 11.3 Å². The number of hydrogen-bond acceptors (Lipinski definition) is 9. The molecule has 2 aromatic heterocycles. The summed E-state index contributed by atoms with van der Waals surface area (Å²) in [5.74, 6) is -0.773. The number of nitriles is 2. The number of rotatable bonds is 8. The van der Waals surface area contributed by atoms with Crippen LogP contribution in [0.3, 0.4) is 0 Å². The van der Waals surface area contributed by atoms with Crippen LogP contribution in [0.15, 0.2) is 46.4 Å². The van der Waals surface area contributed by atoms with E-state index < -0.39 is 16.7 Å². The number of nitrogens with zero attached hydrogens (tertiary/aromatic N) is 3. The number of ether oxygens (including phenoxy) is 1. The molecule has 0 atom stereocenters. The molecule has 0 unspecified atom stereocenters. The number of nitro benzene ring substituents is 1. The molecule has 9 nitrogen and oxygen atoms in total. The Kier molecular flexibility index (Phi) is 7.36. The van der Waals surface area contributed by atoms with E-state index in [2.05, 4.69) is 0 Å². The minimum atomic E-state index is -0.575. The molecule has 0 fully saturated rings. The molecule has 0 bridgehead atoms. The van der Waals surface area contributed by atoms with Crippen LogP contribution in [0, 0.1) is 39.7 Å². The van der Waals surface area contributed by atoms with Crippen molar-refractivity contribution in [1.82, 2.24) is 0 Å². The zero-order valence-corrected chi connectivity index (χ0v) is 19.0. The Hall–Kier alpha value is -4.54. The van der Waals surface area contributed by atoms with Crippen LogP contribution in [0.2, 0.25) is 0 Å². The lowest BCUT2D eigenvalue weighted by Gasteiger charge is -1.99. The molecule has 2 heterocycles. The summed E-state index contributed by atoms with van der Waals surface area (Å²) in [7, 11) is 0. The van der Waals surface area contributed by atoms with Gasteiger partial charge in [0.15, 0.2) is 5.78 Å². The van der Waals surface area contributed by atoms with E-state index in [-0.39, 0.29) is 51.8 Å². The highest BCUT2D eigenvalue weighted by Gasteiger charge is 2.24. The van der Waals surface area contributed by atoms with E-state index in [1.807, 2.05) is 12.1 Å². The van der Waals surface area contributed by atoms with Crippen LogP contribution in [-0.4, -0.2) is 23.3 Å². The number of furan rings is 1. The fourth-order valence-electron chi connectivity index (χ4n) is 3.21. The smallest absolute Gasteiger partial charge is 0.348 e. The first-order valence-corrected chi connectivity index (χ1v) is 10.8. The van der Waals surface area contributed by atoms with E-state index in [9.17, 15) is 30.2 Å². The Balaban J connectivity index is 1.89. The highest BCUT2D eigenvalue weighted by molar-refractivity contribution is 7.14. The topological polar surface area (TPSA) is 147 Å². The molecule has 34 heavy (non-hydrogen) atoms. The normalized spacial score (nSPS) is 10.9. The van der Waals surface area contributed by atoms with Crippen molar-refractivity contribution in [2.45, 2.75) is 20.3 Å². The van der Waals surface area contributed by atoms with Crippen molar-refractivity contribution in [2.24, 2.45) is 0 Å². The fraction of sp³-hybridized carbons (Fsp3) is 0.167. The average molecular weight is 475 g/mol. The fourth-order valence-corrected chi connectivity index (χ4v) is 4.36. The summed E-state index contributed by atoms with van der Waals surface area (Å²) in [6, 6.07) is 12.9. The average Bonchev–Trinajstić information content (AvgIpc) is 3.41. The maximum Gasteiger partial charge on any atom is 0.348 e. The van der Waals surface area contributed by atoms with Gasteiger partial charge in [-0.2, -0.15) is 10.5 Å². The van der Waals surface area contributed by atoms with Crippen LogP contribution < -0.4 is 0 Å². The van der Waals surface area contributed by atoms with Gasteiger partial charge in [-0.15, -0.1) is 11.3 Å². The lowest BCUT2D eigenvalue weighted by atomic mass is 10.0. The van der Waals surface area contributed by atoms with Gasteiger partial charge in [0.1, 0.15) is 28.5 Å². The van der Waals surface area contributed by atoms with E-state index in [4.69, 9.17) is 9.15 Å². The summed E-state index contributed by atoms with van der Waals surface area (Å²) in [4.78, 5) is 36.3. The molecular formula is C24H17N3O6S. The lowest BCUT2D eigenvalue weighted by Crippen LogP contribution is -2.05. The van der Waals surface area contributed by atoms with Gasteiger partial charge >= 0.3 is 5.97 Å². The van der Waals surface area contributed by atoms with Gasteiger partial charge < -0.3 is 9.15 Å². The first-order chi connectivity index (χ1) is 16.3. The van der Waals surface area contributed by atoms with Crippen molar-refractivity contribution >= 4 is 34.9 Å². The van der Waals surface area contributed by atoms with Crippen molar-refractivity contribution < 1.29 is 23.7 Å². The number of carbonyl (C=O) groups excluding carboxylic acids is 2. The number of esters is 1. The first kappa shape index (κ1) is 24.1. The Morgan fingerprint density at radius 3 is 2.62 bits per heavy atom. The Bertz CT molecular complexity index is 1400. The number of hydrogen-bond donors (Lipinski definition) is 0. The molecule has 0 aliphatic carbocycles. The van der Waals surface area contributed by atoms with Crippen molar-refractivity contribution in [2.75, 3.05) is 6.61 Å². The van der Waals surface area contributed by atoms with Crippen molar-refractivity contribution in [1.29, 1.82) is 10.5 Å². The van der Waals surface area contributed by atoms with E-state index in [1.54, 1.807) is 19.9 Å². The largest absolute Gasteiger partial charge is 0.462 e. The van der Waals surface area contributed by atoms with E-state index in [0.29, 0.717) is 10.4 Å². The van der Waals surface area contributed by atoms with Crippen LogP contribution in [-0.2, 0) is 16.0 Å². The maximum absolute atomic E-state index is 12.8. The Morgan fingerprint density at radius 1 is 1.24 bits per heavy atom. The maximum atomic E-state index is 12.8. The number of nitro groups is 1. The molecule has 0 spiro atoms. The molecule has 0 saturated carbocycles. The minimum absolute atomic E-state index is 0.140. The molecule has 1 aromatic carbocycles. The zero-order chi connectivity index (χ0) is 24.8. The third kappa shape index (κ3) is 4.93. The van der Waals surface area contributed by atoms with Gasteiger partial charge in [0, 0.05) is 23.4 Å². The minimum Gasteiger partial charge on any atom is -0.462 e. The lowest BCUT2D eigenvalue weighted by molar-refractivity contribution is -0.384. The van der Waals surface area contributed by atoms with Gasteiger partial charge in [-0.05, 0) is 37.6 Å². The van der Waals surface area contributed by atoms with Crippen LogP contribution in [0.4, 0.5) is 5.69 Å². The Labute approximate surface area is 198 Å². The number of para-hydroxylation sites is 1. The summed E-state index contributed by atoms with van der Waals surface area (Å²) in [6.07, 6.45) is 0.976. The van der Waals surface area contributed by atoms with Crippen LogP contribution in [0.1, 0.15) is 38.4 Å². The van der Waals surface area contributed by atoms with Crippen LogP contribution in [0.5, 0.6) is 0 Å². The highest BCUT2D eigenvalue weighted by atomic mass is 32.1. The molecule has 0 aliphatic rings. The van der Waals surface area contributed by atoms with E-state index in [1.165, 1.54) is 36.4 Å². The van der Waals surface area contributed by atoms with Crippen molar-refractivity contribution in [3.05, 3.63) is 78.7 Å². The SMILES string of the molecule is CCOC(=O)c1sc(CC(=O)/C(C#N)=C/c2ccc(-c3ccccc3[N+](=O)[O-])o2)c(C#N)c1C. The predicted octanol–water partition coefficient (Wildman–Crippen LogP) is 4.99. The summed E-state index contributed by atoms with van der Waals surface area (Å²) < 4.78 is 10.6. The summed E-state index contributed by atoms with van der Waals surface area (Å²) in [6.45, 7) is 3.44. The van der Waals surface area contributed by atoms with Gasteiger partial charge in [-0.25, -0.2) is 4.79 Å². The predicted molar refractivity (Wildman–Crippen MR) is 123 cm³/mol. The molecule has 170 valence electrons. The summed E-state index contributed by atoms with van der Waals surface area (Å²) >= 11 is 0.985. The number of allylic oxidation sites excluding steroid dienone is 1. The summed E-state index contributed by atoms with van der Waals surface area (Å²) in [5.41, 5.74) is 0.525. The summed E-state index contributed by atoms with van der Waals surface area (Å²) in [5, 5.41) is 30.3. The van der Waals surface area contributed by atoms with Crippen molar-refractivity contribution in [3.63, 3.8) is 0 Å². The first-order valence-electron chi connectivity index (χ1n) is 9.98. The van der Waals surface area contributed by atoms with E-state index in [0.717, 1.165) is 11.3 Å². The van der Waals surface area contributed by atoms with E-state index >= 15 is 0 Å². The third-order valence-electron chi connectivity index (χ3n) is 4.81. The van der Waals surface area contributed by atoms with Gasteiger partial charge in [-0.1, -0.05) is 12.1 Å². The molecule has 0 N–H and O–H groups in total. The van der Waals surface area contributed by atoms with Crippen molar-refractivity contribution in [3.8, 4) is 23.5 Å². The second-order valence-electron chi connectivity index (χ2n) is 6.93. The molecule has 0 aliphatic heterocycles. The highest BCUT2D eigenvalue weighted by Crippen LogP contribution is 2.32. The quantitative estimate of drug-likeness (QED) is 0.145. The zero-order valence-electron chi connectivity index (χ0n) is 18.2. The number of benzene rings is 1. The van der Waals surface area contributed by atoms with Crippen LogP contribution in [0.25, 0.3) is 17.4 Å². The Morgan fingerprint density at radius 2 is 1.97 bits per heavy atom. The molecule has 0 amide bonds. The second-order valence-corrected chi connectivity index (χ2v) is 8.04. The molecule has 3 rings (SSSR count). The molecule has 0 radical (unpaired) electrons. The van der Waals surface area contributed by atoms with Gasteiger partial charge in [0.25, 0.3) is 5.69 Å². The number of ketones is 1. The molecule has 10 heteroatoms. The third-order valence-corrected chi connectivity index (χ3v) is 6.09.